The van der Waals surface area contributed by atoms with Crippen molar-refractivity contribution in [3.63, 3.8) is 0 Å². The molecule has 1 fully saturated rings. The smallest absolute Gasteiger partial charge is 0.308 e. The molecule has 0 aliphatic carbocycles. The second-order valence-electron chi connectivity index (χ2n) is 5.11. The second kappa shape index (κ2) is 4.15. The van der Waals surface area contributed by atoms with Crippen molar-refractivity contribution in [2.45, 2.75) is 25.8 Å². The third-order valence-corrected chi connectivity index (χ3v) is 4.16. The molecule has 1 heterocycles. The van der Waals surface area contributed by atoms with E-state index in [9.17, 15) is 9.90 Å². The molecule has 0 spiro atoms. The molecule has 2 atom stereocenters. The van der Waals surface area contributed by atoms with Crippen LogP contribution < -0.4 is 0 Å². The Morgan fingerprint density at radius 2 is 2.00 bits per heavy atom. The summed E-state index contributed by atoms with van der Waals surface area (Å²) < 4.78 is 0. The van der Waals surface area contributed by atoms with Gasteiger partial charge in [-0.25, -0.2) is 0 Å². The van der Waals surface area contributed by atoms with Gasteiger partial charge in [0, 0.05) is 0 Å². The molecular formula is C14H19NO2. The molecule has 2 rings (SSSR count). The first kappa shape index (κ1) is 12.1. The molecule has 0 amide bonds. The lowest BCUT2D eigenvalue weighted by atomic mass is 9.80. The van der Waals surface area contributed by atoms with Crippen LogP contribution in [0.4, 0.5) is 0 Å². The molecule has 1 aliphatic rings. The quantitative estimate of drug-likeness (QED) is 0.851. The molecule has 3 heteroatoms. The Bertz CT molecular complexity index is 426. The van der Waals surface area contributed by atoms with Gasteiger partial charge in [0.15, 0.2) is 0 Å². The van der Waals surface area contributed by atoms with E-state index < -0.39 is 5.97 Å². The first-order valence-corrected chi connectivity index (χ1v) is 5.97. The van der Waals surface area contributed by atoms with E-state index in [2.05, 4.69) is 4.90 Å². The summed E-state index contributed by atoms with van der Waals surface area (Å²) in [4.78, 5) is 13.5. The van der Waals surface area contributed by atoms with Gasteiger partial charge < -0.3 is 5.11 Å². The molecule has 0 radical (unpaired) electrons. The standard InChI is InChI=1S/C14H19NO2/c1-10-4-6-11(7-5-10)14(2)12(13(16)17)8-9-15(14)3/h4-7,12H,8-9H2,1-3H3,(H,16,17). The summed E-state index contributed by atoms with van der Waals surface area (Å²) in [6, 6.07) is 8.19. The van der Waals surface area contributed by atoms with Crippen LogP contribution in [0.3, 0.4) is 0 Å². The average Bonchev–Trinajstić information content (AvgIpc) is 2.57. The van der Waals surface area contributed by atoms with E-state index >= 15 is 0 Å². The maximum atomic E-state index is 11.4. The number of hydrogen-bond donors (Lipinski definition) is 1. The van der Waals surface area contributed by atoms with Crippen molar-refractivity contribution in [2.75, 3.05) is 13.6 Å². The number of carboxylic acid groups (broad SMARTS) is 1. The number of carbonyl (C=O) groups is 1. The van der Waals surface area contributed by atoms with Gasteiger partial charge in [0.05, 0.1) is 11.5 Å². The van der Waals surface area contributed by atoms with Crippen LogP contribution >= 0.6 is 0 Å². The van der Waals surface area contributed by atoms with E-state index in [1.54, 1.807) is 0 Å². The topological polar surface area (TPSA) is 40.5 Å². The normalized spacial score (nSPS) is 29.5. The number of nitrogens with zero attached hydrogens (tertiary/aromatic N) is 1. The number of hydrogen-bond acceptors (Lipinski definition) is 2. The summed E-state index contributed by atoms with van der Waals surface area (Å²) in [5.41, 5.74) is 1.90. The summed E-state index contributed by atoms with van der Waals surface area (Å²) in [6.07, 6.45) is 0.718. The largest absolute Gasteiger partial charge is 0.481 e. The number of likely N-dealkylation sites (tertiary alicyclic amines) is 1. The van der Waals surface area contributed by atoms with Crippen molar-refractivity contribution >= 4 is 5.97 Å². The van der Waals surface area contributed by atoms with Crippen LogP contribution in [0.5, 0.6) is 0 Å². The van der Waals surface area contributed by atoms with E-state index in [-0.39, 0.29) is 11.5 Å². The van der Waals surface area contributed by atoms with Gasteiger partial charge in [-0.05, 0) is 39.4 Å². The zero-order valence-electron chi connectivity index (χ0n) is 10.6. The SMILES string of the molecule is Cc1ccc(C2(C)C(C(=O)O)CCN2C)cc1. The Labute approximate surface area is 102 Å². The van der Waals surface area contributed by atoms with Crippen LogP contribution in [0.2, 0.25) is 0 Å². The third kappa shape index (κ3) is 1.84. The number of carboxylic acids is 1. The Morgan fingerprint density at radius 1 is 1.41 bits per heavy atom. The van der Waals surface area contributed by atoms with Crippen molar-refractivity contribution < 1.29 is 9.90 Å². The molecular weight excluding hydrogens is 214 g/mol. The van der Waals surface area contributed by atoms with Gasteiger partial charge in [0.1, 0.15) is 0 Å². The lowest BCUT2D eigenvalue weighted by Gasteiger charge is -2.36. The predicted octanol–water partition coefficient (Wildman–Crippen LogP) is 2.25. The Kier molecular flexibility index (Phi) is 2.96. The zero-order valence-corrected chi connectivity index (χ0v) is 10.6. The maximum Gasteiger partial charge on any atom is 0.308 e. The van der Waals surface area contributed by atoms with E-state index in [1.165, 1.54) is 5.56 Å². The highest BCUT2D eigenvalue weighted by Gasteiger charge is 2.48. The van der Waals surface area contributed by atoms with Crippen molar-refractivity contribution in [1.29, 1.82) is 0 Å². The highest BCUT2D eigenvalue weighted by atomic mass is 16.4. The number of aryl methyl sites for hydroxylation is 1. The van der Waals surface area contributed by atoms with E-state index in [0.29, 0.717) is 0 Å². The highest BCUT2D eigenvalue weighted by Crippen LogP contribution is 2.42. The highest BCUT2D eigenvalue weighted by molar-refractivity contribution is 5.73. The molecule has 0 bridgehead atoms. The van der Waals surface area contributed by atoms with E-state index in [1.807, 2.05) is 45.2 Å². The first-order chi connectivity index (χ1) is 7.96. The second-order valence-corrected chi connectivity index (χ2v) is 5.11. The van der Waals surface area contributed by atoms with Gasteiger partial charge in [-0.15, -0.1) is 0 Å². The zero-order chi connectivity index (χ0) is 12.6. The van der Waals surface area contributed by atoms with Crippen molar-refractivity contribution in [3.05, 3.63) is 35.4 Å². The minimum Gasteiger partial charge on any atom is -0.481 e. The van der Waals surface area contributed by atoms with Crippen LogP contribution in [0.25, 0.3) is 0 Å². The van der Waals surface area contributed by atoms with Crippen LogP contribution in [0.15, 0.2) is 24.3 Å². The summed E-state index contributed by atoms with van der Waals surface area (Å²) in [5.74, 6) is -1.02. The molecule has 1 aliphatic heterocycles. The molecule has 2 unspecified atom stereocenters. The Balaban J connectivity index is 2.44. The van der Waals surface area contributed by atoms with E-state index in [4.69, 9.17) is 0 Å². The fourth-order valence-corrected chi connectivity index (χ4v) is 2.78. The number of aliphatic carboxylic acids is 1. The van der Waals surface area contributed by atoms with Crippen molar-refractivity contribution in [1.82, 2.24) is 4.90 Å². The molecule has 3 nitrogen and oxygen atoms in total. The van der Waals surface area contributed by atoms with Gasteiger partial charge in [-0.3, -0.25) is 9.69 Å². The molecule has 1 aromatic rings. The molecule has 0 aromatic heterocycles. The van der Waals surface area contributed by atoms with Gasteiger partial charge in [-0.2, -0.15) is 0 Å². The van der Waals surface area contributed by atoms with Crippen molar-refractivity contribution in [2.24, 2.45) is 5.92 Å². The summed E-state index contributed by atoms with van der Waals surface area (Å²) in [5, 5.41) is 9.36. The minimum absolute atomic E-state index is 0.324. The van der Waals surface area contributed by atoms with Crippen LogP contribution in [-0.2, 0) is 10.3 Å². The van der Waals surface area contributed by atoms with Gasteiger partial charge >= 0.3 is 5.97 Å². The van der Waals surface area contributed by atoms with Crippen molar-refractivity contribution in [3.8, 4) is 0 Å². The van der Waals surface area contributed by atoms with Crippen LogP contribution in [0, 0.1) is 12.8 Å². The Morgan fingerprint density at radius 3 is 2.53 bits per heavy atom. The summed E-state index contributed by atoms with van der Waals surface area (Å²) in [6.45, 7) is 4.91. The molecule has 1 saturated heterocycles. The van der Waals surface area contributed by atoms with Gasteiger partial charge in [0.25, 0.3) is 0 Å². The number of benzene rings is 1. The molecule has 92 valence electrons. The van der Waals surface area contributed by atoms with Crippen LogP contribution in [-0.4, -0.2) is 29.6 Å². The monoisotopic (exact) mass is 233 g/mol. The van der Waals surface area contributed by atoms with E-state index in [0.717, 1.165) is 18.5 Å². The number of rotatable bonds is 2. The average molecular weight is 233 g/mol. The molecule has 1 aromatic carbocycles. The molecule has 17 heavy (non-hydrogen) atoms. The van der Waals surface area contributed by atoms with Gasteiger partial charge in [-0.1, -0.05) is 29.8 Å². The first-order valence-electron chi connectivity index (χ1n) is 5.97. The Hall–Kier alpha value is -1.35. The third-order valence-electron chi connectivity index (χ3n) is 4.16. The van der Waals surface area contributed by atoms with Crippen LogP contribution in [0.1, 0.15) is 24.5 Å². The minimum atomic E-state index is -0.697. The fraction of sp³-hybridized carbons (Fsp3) is 0.500. The summed E-state index contributed by atoms with van der Waals surface area (Å²) in [7, 11) is 2.00. The summed E-state index contributed by atoms with van der Waals surface area (Å²) >= 11 is 0. The predicted molar refractivity (Wildman–Crippen MR) is 66.9 cm³/mol. The lowest BCUT2D eigenvalue weighted by Crippen LogP contribution is -2.42. The maximum absolute atomic E-state index is 11.4. The van der Waals surface area contributed by atoms with Gasteiger partial charge in [0.2, 0.25) is 0 Å². The molecule has 1 N–H and O–H groups in total. The fourth-order valence-electron chi connectivity index (χ4n) is 2.78. The molecule has 0 saturated carbocycles. The lowest BCUT2D eigenvalue weighted by molar-refractivity contribution is -0.144.